The van der Waals surface area contributed by atoms with Gasteiger partial charge in [-0.2, -0.15) is 10.5 Å². The van der Waals surface area contributed by atoms with E-state index in [0.29, 0.717) is 13.0 Å². The Bertz CT molecular complexity index is 384. The summed E-state index contributed by atoms with van der Waals surface area (Å²) in [5.41, 5.74) is 2.23. The first-order valence-electron chi connectivity index (χ1n) is 4.86. The van der Waals surface area contributed by atoms with Crippen molar-refractivity contribution in [2.75, 3.05) is 11.9 Å². The first-order valence-corrected chi connectivity index (χ1v) is 4.86. The number of nitrogens with zero attached hydrogens (tertiary/aromatic N) is 2. The maximum absolute atomic E-state index is 8.58. The van der Waals surface area contributed by atoms with E-state index < -0.39 is 5.92 Å². The number of nitrogens with one attached hydrogen (secondary N) is 1. The van der Waals surface area contributed by atoms with Crippen LogP contribution in [0, 0.1) is 35.5 Å². The third kappa shape index (κ3) is 3.32. The summed E-state index contributed by atoms with van der Waals surface area (Å²) in [5.74, 6) is -0.512. The molecule has 0 heterocycles. The van der Waals surface area contributed by atoms with Crippen LogP contribution in [0.15, 0.2) is 24.3 Å². The van der Waals surface area contributed by atoms with Crippen LogP contribution < -0.4 is 5.32 Å². The molecule has 0 unspecified atom stereocenters. The summed E-state index contributed by atoms with van der Waals surface area (Å²) in [6, 6.07) is 11.9. The Morgan fingerprint density at radius 3 is 2.53 bits per heavy atom. The Hall–Kier alpha value is -2.00. The van der Waals surface area contributed by atoms with Crippen LogP contribution in [0.1, 0.15) is 12.0 Å². The van der Waals surface area contributed by atoms with Gasteiger partial charge in [-0.15, -0.1) is 0 Å². The largest absolute Gasteiger partial charge is 0.385 e. The quantitative estimate of drug-likeness (QED) is 0.810. The molecule has 3 nitrogen and oxygen atoms in total. The van der Waals surface area contributed by atoms with Gasteiger partial charge in [0.15, 0.2) is 0 Å². The Balaban J connectivity index is 2.43. The van der Waals surface area contributed by atoms with Gasteiger partial charge >= 0.3 is 0 Å². The van der Waals surface area contributed by atoms with Crippen LogP contribution in [0.2, 0.25) is 0 Å². The molecule has 0 aliphatic carbocycles. The Labute approximate surface area is 90.0 Å². The summed E-state index contributed by atoms with van der Waals surface area (Å²) in [5, 5.41) is 20.4. The molecule has 0 atom stereocenters. The van der Waals surface area contributed by atoms with Crippen LogP contribution in [-0.4, -0.2) is 6.54 Å². The molecule has 0 radical (unpaired) electrons. The number of anilines is 1. The van der Waals surface area contributed by atoms with Crippen molar-refractivity contribution in [1.82, 2.24) is 0 Å². The van der Waals surface area contributed by atoms with E-state index in [4.69, 9.17) is 10.5 Å². The zero-order valence-electron chi connectivity index (χ0n) is 8.70. The normalized spacial score (nSPS) is 9.33. The topological polar surface area (TPSA) is 59.6 Å². The number of para-hydroxylation sites is 1. The molecule has 0 saturated heterocycles. The van der Waals surface area contributed by atoms with E-state index in [1.165, 1.54) is 5.56 Å². The van der Waals surface area contributed by atoms with Gasteiger partial charge in [-0.1, -0.05) is 18.2 Å². The molecule has 0 bridgehead atoms. The highest BCUT2D eigenvalue weighted by molar-refractivity contribution is 5.50. The van der Waals surface area contributed by atoms with Crippen molar-refractivity contribution in [3.05, 3.63) is 29.8 Å². The molecule has 15 heavy (non-hydrogen) atoms. The lowest BCUT2D eigenvalue weighted by atomic mass is 10.1. The number of aryl methyl sites for hydroxylation is 1. The van der Waals surface area contributed by atoms with Gasteiger partial charge in [0, 0.05) is 12.2 Å². The minimum atomic E-state index is -0.512. The summed E-state index contributed by atoms with van der Waals surface area (Å²) >= 11 is 0. The Kier molecular flexibility index (Phi) is 4.19. The molecule has 76 valence electrons. The fourth-order valence-electron chi connectivity index (χ4n) is 1.28. The number of hydrogen-bond donors (Lipinski definition) is 1. The van der Waals surface area contributed by atoms with Gasteiger partial charge in [-0.25, -0.2) is 0 Å². The van der Waals surface area contributed by atoms with Crippen molar-refractivity contribution < 1.29 is 0 Å². The second kappa shape index (κ2) is 5.67. The van der Waals surface area contributed by atoms with Crippen molar-refractivity contribution in [3.8, 4) is 12.1 Å². The maximum atomic E-state index is 8.58. The van der Waals surface area contributed by atoms with Crippen LogP contribution in [0.4, 0.5) is 5.69 Å². The second-order valence-corrected chi connectivity index (χ2v) is 3.34. The van der Waals surface area contributed by atoms with Crippen LogP contribution in [0.5, 0.6) is 0 Å². The van der Waals surface area contributed by atoms with Gasteiger partial charge in [0.05, 0.1) is 12.1 Å². The summed E-state index contributed by atoms with van der Waals surface area (Å²) in [6.45, 7) is 2.67. The molecule has 0 saturated carbocycles. The van der Waals surface area contributed by atoms with E-state index in [-0.39, 0.29) is 0 Å². The Morgan fingerprint density at radius 1 is 1.27 bits per heavy atom. The predicted molar refractivity (Wildman–Crippen MR) is 59.0 cm³/mol. The van der Waals surface area contributed by atoms with Crippen molar-refractivity contribution in [2.45, 2.75) is 13.3 Å². The van der Waals surface area contributed by atoms with E-state index in [2.05, 4.69) is 5.32 Å². The van der Waals surface area contributed by atoms with Crippen molar-refractivity contribution in [3.63, 3.8) is 0 Å². The van der Waals surface area contributed by atoms with Gasteiger partial charge < -0.3 is 5.32 Å². The molecular weight excluding hydrogens is 186 g/mol. The molecule has 0 spiro atoms. The lowest BCUT2D eigenvalue weighted by Gasteiger charge is -2.08. The van der Waals surface area contributed by atoms with Crippen LogP contribution in [-0.2, 0) is 0 Å². The van der Waals surface area contributed by atoms with Gasteiger partial charge in [0.1, 0.15) is 5.92 Å². The average molecular weight is 199 g/mol. The molecule has 3 heteroatoms. The van der Waals surface area contributed by atoms with Crippen LogP contribution >= 0.6 is 0 Å². The van der Waals surface area contributed by atoms with Crippen molar-refractivity contribution >= 4 is 5.69 Å². The molecule has 0 aliphatic heterocycles. The van der Waals surface area contributed by atoms with Gasteiger partial charge in [-0.05, 0) is 25.0 Å². The monoisotopic (exact) mass is 199 g/mol. The minimum Gasteiger partial charge on any atom is -0.385 e. The number of benzene rings is 1. The SMILES string of the molecule is Cc1ccccc1NCCC(C#N)C#N. The molecule has 0 aromatic heterocycles. The molecule has 0 amide bonds. The van der Waals surface area contributed by atoms with E-state index in [0.717, 1.165) is 5.69 Å². The smallest absolute Gasteiger partial charge is 0.135 e. The number of rotatable bonds is 4. The van der Waals surface area contributed by atoms with E-state index in [9.17, 15) is 0 Å². The molecule has 1 N–H and O–H groups in total. The maximum Gasteiger partial charge on any atom is 0.135 e. The fraction of sp³-hybridized carbons (Fsp3) is 0.333. The first-order chi connectivity index (χ1) is 7.27. The van der Waals surface area contributed by atoms with Gasteiger partial charge in [-0.3, -0.25) is 0 Å². The van der Waals surface area contributed by atoms with Gasteiger partial charge in [0.25, 0.3) is 0 Å². The highest BCUT2D eigenvalue weighted by Crippen LogP contribution is 2.13. The van der Waals surface area contributed by atoms with Crippen LogP contribution in [0.25, 0.3) is 0 Å². The van der Waals surface area contributed by atoms with Crippen molar-refractivity contribution in [1.29, 1.82) is 10.5 Å². The lowest BCUT2D eigenvalue weighted by Crippen LogP contribution is -2.07. The molecule has 0 aliphatic rings. The zero-order chi connectivity index (χ0) is 11.1. The highest BCUT2D eigenvalue weighted by atomic mass is 14.9. The standard InChI is InChI=1S/C12H13N3/c1-10-4-2-3-5-12(10)15-7-6-11(8-13)9-14/h2-5,11,15H,6-7H2,1H3. The first kappa shape index (κ1) is 11.1. The summed E-state index contributed by atoms with van der Waals surface area (Å²) in [7, 11) is 0. The van der Waals surface area contributed by atoms with E-state index in [1.807, 2.05) is 43.3 Å². The third-order valence-electron chi connectivity index (χ3n) is 2.21. The van der Waals surface area contributed by atoms with E-state index in [1.54, 1.807) is 0 Å². The fourth-order valence-corrected chi connectivity index (χ4v) is 1.28. The van der Waals surface area contributed by atoms with Crippen molar-refractivity contribution in [2.24, 2.45) is 5.92 Å². The molecular formula is C12H13N3. The second-order valence-electron chi connectivity index (χ2n) is 3.34. The highest BCUT2D eigenvalue weighted by Gasteiger charge is 2.04. The minimum absolute atomic E-state index is 0.512. The predicted octanol–water partition coefficient (Wildman–Crippen LogP) is 2.46. The van der Waals surface area contributed by atoms with Gasteiger partial charge in [0.2, 0.25) is 0 Å². The summed E-state index contributed by atoms with van der Waals surface area (Å²) in [4.78, 5) is 0. The summed E-state index contributed by atoms with van der Waals surface area (Å²) in [6.07, 6.45) is 0.557. The molecule has 1 rings (SSSR count). The third-order valence-corrected chi connectivity index (χ3v) is 2.21. The summed E-state index contributed by atoms with van der Waals surface area (Å²) < 4.78 is 0. The zero-order valence-corrected chi connectivity index (χ0v) is 8.70. The van der Waals surface area contributed by atoms with Crippen LogP contribution in [0.3, 0.4) is 0 Å². The molecule has 1 aromatic carbocycles. The number of nitriles is 2. The lowest BCUT2D eigenvalue weighted by molar-refractivity contribution is 0.764. The molecule has 1 aromatic rings. The van der Waals surface area contributed by atoms with E-state index >= 15 is 0 Å². The molecule has 0 fully saturated rings. The average Bonchev–Trinajstić information content (AvgIpc) is 2.27. The Morgan fingerprint density at radius 2 is 1.93 bits per heavy atom. The number of hydrogen-bond acceptors (Lipinski definition) is 3.